The summed E-state index contributed by atoms with van der Waals surface area (Å²) in [6.07, 6.45) is 0. The number of hydrogen-bond donors (Lipinski definition) is 2. The van der Waals surface area contributed by atoms with Gasteiger partial charge in [0.05, 0.1) is 5.88 Å². The van der Waals surface area contributed by atoms with Gasteiger partial charge in [-0.15, -0.1) is 0 Å². The van der Waals surface area contributed by atoms with Crippen molar-refractivity contribution in [3.05, 3.63) is 5.21 Å². The van der Waals surface area contributed by atoms with E-state index in [0.29, 0.717) is 5.88 Å². The lowest BCUT2D eigenvalue weighted by Gasteiger charge is -2.10. The molecule has 1 aliphatic rings. The first-order valence-corrected chi connectivity index (χ1v) is 2.89. The molecule has 0 spiro atoms. The maximum Gasteiger partial charge on any atom is 0.143 e. The molecule has 1 unspecified atom stereocenters. The minimum absolute atomic E-state index is 0.167. The predicted molar refractivity (Wildman–Crippen MR) is 24.8 cm³/mol. The summed E-state index contributed by atoms with van der Waals surface area (Å²) in [5, 5.41) is 10.3. The fourth-order valence-electron chi connectivity index (χ4n) is 0.326. The first kappa shape index (κ1) is 4.39. The number of nitrogens with one attached hydrogen (secondary N) is 2. The van der Waals surface area contributed by atoms with Crippen LogP contribution < -0.4 is 10.6 Å². The first-order valence-electron chi connectivity index (χ1n) is 1.74. The summed E-state index contributed by atoms with van der Waals surface area (Å²) >= 11 is 1.62. The van der Waals surface area contributed by atoms with Crippen LogP contribution in [0.3, 0.4) is 0 Å². The number of hydroxylamine groups is 1. The predicted octanol–water partition coefficient (Wildman–Crippen LogP) is -1.46. The van der Waals surface area contributed by atoms with Crippen molar-refractivity contribution in [3.8, 4) is 0 Å². The third-order valence-corrected chi connectivity index (χ3v) is 1.42. The zero-order valence-corrected chi connectivity index (χ0v) is 4.05. The highest BCUT2D eigenvalue weighted by Crippen LogP contribution is 1.91. The molecule has 1 fully saturated rings. The van der Waals surface area contributed by atoms with Crippen LogP contribution in [-0.2, 0) is 0 Å². The molecular formula is C2H6N2OS. The van der Waals surface area contributed by atoms with Crippen molar-refractivity contribution in [1.82, 2.24) is 5.43 Å². The van der Waals surface area contributed by atoms with E-state index < -0.39 is 0 Å². The van der Waals surface area contributed by atoms with Gasteiger partial charge in [0.25, 0.3) is 0 Å². The molecule has 0 saturated carbocycles. The fraction of sp³-hybridized carbons (Fsp3) is 1.00. The van der Waals surface area contributed by atoms with E-state index in [0.717, 1.165) is 5.88 Å². The van der Waals surface area contributed by atoms with Crippen LogP contribution in [0.25, 0.3) is 0 Å². The molecule has 1 atom stereocenters. The van der Waals surface area contributed by atoms with E-state index in [1.807, 2.05) is 0 Å². The normalized spacial score (nSPS) is 34.5. The average Bonchev–Trinajstić information content (AvgIpc) is 1.86. The van der Waals surface area contributed by atoms with Gasteiger partial charge in [0.1, 0.15) is 5.88 Å². The first-order chi connectivity index (χ1) is 2.89. The van der Waals surface area contributed by atoms with Gasteiger partial charge in [0.2, 0.25) is 0 Å². The Balaban J connectivity index is 2.18. The van der Waals surface area contributed by atoms with E-state index >= 15 is 0 Å². The molecule has 0 aromatic heterocycles. The maximum atomic E-state index is 10.1. The Labute approximate surface area is 40.2 Å². The summed E-state index contributed by atoms with van der Waals surface area (Å²) < 4.78 is 0. The van der Waals surface area contributed by atoms with Gasteiger partial charge in [-0.25, -0.2) is 0 Å². The Morgan fingerprint density at radius 3 is 2.83 bits per heavy atom. The van der Waals surface area contributed by atoms with Crippen LogP contribution in [0.4, 0.5) is 0 Å². The molecule has 2 N–H and O–H groups in total. The molecule has 0 aromatic rings. The summed E-state index contributed by atoms with van der Waals surface area (Å²) in [7, 11) is 0. The molecule has 0 radical (unpaired) electrons. The number of quaternary nitrogens is 1. The minimum atomic E-state index is 0.167. The smallest absolute Gasteiger partial charge is 0.143 e. The van der Waals surface area contributed by atoms with Crippen LogP contribution in [0, 0.1) is 5.21 Å². The Kier molecular flexibility index (Phi) is 1.31. The summed E-state index contributed by atoms with van der Waals surface area (Å²) in [6.45, 7) is 0. The molecular weight excluding hydrogens is 100 g/mol. The van der Waals surface area contributed by atoms with E-state index in [4.69, 9.17) is 0 Å². The lowest BCUT2D eigenvalue weighted by molar-refractivity contribution is -0.875. The lowest BCUT2D eigenvalue weighted by Crippen LogP contribution is -3.11. The molecule has 0 aromatic carbocycles. The Morgan fingerprint density at radius 2 is 2.67 bits per heavy atom. The molecule has 36 valence electrons. The van der Waals surface area contributed by atoms with Crippen LogP contribution in [0.5, 0.6) is 0 Å². The molecule has 1 heterocycles. The largest absolute Gasteiger partial charge is 0.612 e. The van der Waals surface area contributed by atoms with Gasteiger partial charge in [-0.1, -0.05) is 11.8 Å². The van der Waals surface area contributed by atoms with Crippen LogP contribution >= 0.6 is 11.8 Å². The monoisotopic (exact) mass is 106 g/mol. The standard InChI is InChI=1S/C2H6N2OS/c5-4-2-6-1-3-4/h3-4H,1-2H2. The van der Waals surface area contributed by atoms with E-state index in [1.165, 1.54) is 0 Å². The molecule has 1 rings (SSSR count). The second-order valence-electron chi connectivity index (χ2n) is 1.09. The summed E-state index contributed by atoms with van der Waals surface area (Å²) in [4.78, 5) is 0. The summed E-state index contributed by atoms with van der Waals surface area (Å²) in [5.41, 5.74) is 2.64. The van der Waals surface area contributed by atoms with Crippen LogP contribution in [0.2, 0.25) is 0 Å². The van der Waals surface area contributed by atoms with Crippen molar-refractivity contribution < 1.29 is 5.17 Å². The van der Waals surface area contributed by atoms with Gasteiger partial charge in [-0.2, -0.15) is 5.43 Å². The Bertz CT molecular complexity index is 44.8. The second kappa shape index (κ2) is 1.79. The van der Waals surface area contributed by atoms with E-state index in [1.54, 1.807) is 11.8 Å². The maximum absolute atomic E-state index is 10.1. The zero-order valence-electron chi connectivity index (χ0n) is 3.23. The molecule has 0 aliphatic carbocycles. The van der Waals surface area contributed by atoms with Gasteiger partial charge in [-0.05, 0) is 0 Å². The number of rotatable bonds is 0. The van der Waals surface area contributed by atoms with Gasteiger partial charge < -0.3 is 5.21 Å². The Morgan fingerprint density at radius 1 is 1.83 bits per heavy atom. The third-order valence-electron chi connectivity index (χ3n) is 0.605. The highest BCUT2D eigenvalue weighted by molar-refractivity contribution is 7.99. The van der Waals surface area contributed by atoms with Gasteiger partial charge >= 0.3 is 0 Å². The fourth-order valence-corrected chi connectivity index (χ4v) is 0.979. The second-order valence-corrected chi connectivity index (χ2v) is 2.08. The zero-order chi connectivity index (χ0) is 4.41. The van der Waals surface area contributed by atoms with Crippen LogP contribution in [0.1, 0.15) is 0 Å². The van der Waals surface area contributed by atoms with Gasteiger partial charge in [0, 0.05) is 0 Å². The molecule has 1 aliphatic heterocycles. The molecule has 0 amide bonds. The van der Waals surface area contributed by atoms with Gasteiger partial charge in [-0.3, -0.25) is 5.17 Å². The molecule has 1 saturated heterocycles. The van der Waals surface area contributed by atoms with Crippen molar-refractivity contribution in [1.29, 1.82) is 0 Å². The van der Waals surface area contributed by atoms with Crippen molar-refractivity contribution in [3.63, 3.8) is 0 Å². The van der Waals surface area contributed by atoms with Crippen LogP contribution in [-0.4, -0.2) is 11.8 Å². The summed E-state index contributed by atoms with van der Waals surface area (Å²) in [6, 6.07) is 0. The minimum Gasteiger partial charge on any atom is -0.612 e. The molecule has 0 bridgehead atoms. The quantitative estimate of drug-likeness (QED) is 0.371. The average molecular weight is 106 g/mol. The van der Waals surface area contributed by atoms with Crippen LogP contribution in [0.15, 0.2) is 0 Å². The van der Waals surface area contributed by atoms with Crippen molar-refractivity contribution >= 4 is 11.8 Å². The third kappa shape index (κ3) is 0.844. The van der Waals surface area contributed by atoms with Crippen molar-refractivity contribution in [2.45, 2.75) is 0 Å². The Hall–Kier alpha value is 0.230. The number of hydrogen-bond acceptors (Lipinski definition) is 3. The molecule has 6 heavy (non-hydrogen) atoms. The SMILES string of the molecule is [O-][NH+]1CSCN1. The summed E-state index contributed by atoms with van der Waals surface area (Å²) in [5.74, 6) is 1.46. The highest BCUT2D eigenvalue weighted by atomic mass is 32.2. The lowest BCUT2D eigenvalue weighted by atomic mass is 11.4. The van der Waals surface area contributed by atoms with E-state index in [-0.39, 0.29) is 5.17 Å². The van der Waals surface area contributed by atoms with Gasteiger partial charge in [0.15, 0.2) is 0 Å². The molecule has 4 heteroatoms. The topological polar surface area (TPSA) is 39.5 Å². The van der Waals surface area contributed by atoms with Crippen molar-refractivity contribution in [2.75, 3.05) is 11.8 Å². The highest BCUT2D eigenvalue weighted by Gasteiger charge is 2.03. The molecule has 3 nitrogen and oxygen atoms in total. The number of thioether (sulfide) groups is 1. The van der Waals surface area contributed by atoms with Crippen molar-refractivity contribution in [2.24, 2.45) is 0 Å². The van der Waals surface area contributed by atoms with E-state index in [9.17, 15) is 5.21 Å². The van der Waals surface area contributed by atoms with E-state index in [2.05, 4.69) is 5.43 Å².